The lowest BCUT2D eigenvalue weighted by Crippen LogP contribution is -2.17. The van der Waals surface area contributed by atoms with Crippen LogP contribution in [-0.2, 0) is 0 Å². The molecule has 1 saturated carbocycles. The van der Waals surface area contributed by atoms with Crippen LogP contribution in [0.5, 0.6) is 0 Å². The number of benzene rings is 1. The van der Waals surface area contributed by atoms with Crippen molar-refractivity contribution in [2.45, 2.75) is 45.6 Å². The highest BCUT2D eigenvalue weighted by Crippen LogP contribution is 2.34. The highest BCUT2D eigenvalue weighted by molar-refractivity contribution is 5.47. The molecule has 0 radical (unpaired) electrons. The molecular formula is C14H21N. The van der Waals surface area contributed by atoms with Gasteiger partial charge in [0.15, 0.2) is 0 Å². The molecule has 1 aromatic carbocycles. The minimum absolute atomic E-state index is 0.614. The first-order valence-corrected chi connectivity index (χ1v) is 6.03. The van der Waals surface area contributed by atoms with Crippen molar-refractivity contribution >= 4 is 5.69 Å². The van der Waals surface area contributed by atoms with E-state index < -0.39 is 0 Å². The van der Waals surface area contributed by atoms with Gasteiger partial charge in [0.1, 0.15) is 0 Å². The minimum Gasteiger partial charge on any atom is -0.382 e. The maximum absolute atomic E-state index is 3.60. The fourth-order valence-corrected chi connectivity index (χ4v) is 1.96. The molecule has 1 heteroatoms. The van der Waals surface area contributed by atoms with E-state index in [0.717, 1.165) is 5.92 Å². The summed E-state index contributed by atoms with van der Waals surface area (Å²) in [5.74, 6) is 1.52. The normalized spacial score (nSPS) is 17.9. The Morgan fingerprint density at radius 3 is 2.53 bits per heavy atom. The van der Waals surface area contributed by atoms with Gasteiger partial charge in [0.2, 0.25) is 0 Å². The molecule has 0 bridgehead atoms. The van der Waals surface area contributed by atoms with Crippen LogP contribution in [0.1, 0.15) is 45.1 Å². The van der Waals surface area contributed by atoms with Gasteiger partial charge < -0.3 is 5.32 Å². The number of anilines is 1. The summed E-state index contributed by atoms with van der Waals surface area (Å²) in [5, 5.41) is 3.60. The number of hydrogen-bond acceptors (Lipinski definition) is 1. The minimum atomic E-state index is 0.614. The summed E-state index contributed by atoms with van der Waals surface area (Å²) < 4.78 is 0. The van der Waals surface area contributed by atoms with E-state index in [-0.39, 0.29) is 0 Å². The van der Waals surface area contributed by atoms with Gasteiger partial charge in [-0.1, -0.05) is 26.0 Å². The van der Waals surface area contributed by atoms with Gasteiger partial charge in [-0.2, -0.15) is 0 Å². The maximum atomic E-state index is 3.60. The van der Waals surface area contributed by atoms with E-state index in [2.05, 4.69) is 50.4 Å². The van der Waals surface area contributed by atoms with Crippen LogP contribution in [0.25, 0.3) is 0 Å². The van der Waals surface area contributed by atoms with Crippen LogP contribution >= 0.6 is 0 Å². The van der Waals surface area contributed by atoms with Crippen LogP contribution < -0.4 is 5.32 Å². The van der Waals surface area contributed by atoms with E-state index in [1.54, 1.807) is 0 Å². The van der Waals surface area contributed by atoms with Crippen LogP contribution in [-0.4, -0.2) is 6.04 Å². The largest absolute Gasteiger partial charge is 0.382 e. The molecule has 0 aliphatic heterocycles. The molecule has 82 valence electrons. The summed E-state index contributed by atoms with van der Waals surface area (Å²) >= 11 is 0. The van der Waals surface area contributed by atoms with E-state index in [1.807, 2.05) is 0 Å². The topological polar surface area (TPSA) is 12.0 Å². The predicted molar refractivity (Wildman–Crippen MR) is 66.3 cm³/mol. The number of hydrogen-bond donors (Lipinski definition) is 1. The summed E-state index contributed by atoms with van der Waals surface area (Å²) in [6.07, 6.45) is 2.80. The quantitative estimate of drug-likeness (QED) is 0.779. The Balaban J connectivity index is 2.03. The van der Waals surface area contributed by atoms with Crippen LogP contribution in [0.4, 0.5) is 5.69 Å². The molecule has 1 nitrogen and oxygen atoms in total. The molecule has 1 aliphatic rings. The van der Waals surface area contributed by atoms with Gasteiger partial charge in [-0.15, -0.1) is 0 Å². The molecule has 0 spiro atoms. The second-order valence-electron chi connectivity index (χ2n) is 5.05. The van der Waals surface area contributed by atoms with Crippen molar-refractivity contribution in [3.05, 3.63) is 29.8 Å². The third-order valence-corrected chi connectivity index (χ3v) is 3.28. The standard InChI is InChI=1S/C14H21N/c1-10(2)13-5-4-6-14(9-13)15-11(3)12-7-8-12/h4-6,9-12,15H,7-8H2,1-3H3. The van der Waals surface area contributed by atoms with Gasteiger partial charge in [0, 0.05) is 11.7 Å². The zero-order valence-corrected chi connectivity index (χ0v) is 9.96. The van der Waals surface area contributed by atoms with E-state index in [0.29, 0.717) is 12.0 Å². The first-order valence-electron chi connectivity index (χ1n) is 6.03. The van der Waals surface area contributed by atoms with Crippen LogP contribution in [0.15, 0.2) is 24.3 Å². The summed E-state index contributed by atoms with van der Waals surface area (Å²) in [6.45, 7) is 6.77. The second kappa shape index (κ2) is 4.26. The molecule has 2 rings (SSSR count). The first kappa shape index (κ1) is 10.5. The molecule has 1 aromatic rings. The molecule has 0 amide bonds. The smallest absolute Gasteiger partial charge is 0.0345 e. The summed E-state index contributed by atoms with van der Waals surface area (Å²) in [4.78, 5) is 0. The van der Waals surface area contributed by atoms with Gasteiger partial charge >= 0.3 is 0 Å². The zero-order valence-electron chi connectivity index (χ0n) is 9.96. The average molecular weight is 203 g/mol. The summed E-state index contributed by atoms with van der Waals surface area (Å²) in [6, 6.07) is 9.44. The van der Waals surface area contributed by atoms with E-state index in [1.165, 1.54) is 24.1 Å². The van der Waals surface area contributed by atoms with Crippen molar-refractivity contribution in [1.29, 1.82) is 0 Å². The Morgan fingerprint density at radius 2 is 1.93 bits per heavy atom. The monoisotopic (exact) mass is 203 g/mol. The highest BCUT2D eigenvalue weighted by atomic mass is 14.9. The molecular weight excluding hydrogens is 182 g/mol. The Bertz CT molecular complexity index is 326. The Morgan fingerprint density at radius 1 is 1.20 bits per heavy atom. The molecule has 0 saturated heterocycles. The lowest BCUT2D eigenvalue weighted by Gasteiger charge is -2.15. The van der Waals surface area contributed by atoms with Gasteiger partial charge in [-0.05, 0) is 49.3 Å². The third-order valence-electron chi connectivity index (χ3n) is 3.28. The average Bonchev–Trinajstić information content (AvgIpc) is 3.01. The van der Waals surface area contributed by atoms with Crippen molar-refractivity contribution in [3.63, 3.8) is 0 Å². The van der Waals surface area contributed by atoms with E-state index in [9.17, 15) is 0 Å². The SMILES string of the molecule is CC(C)c1cccc(NC(C)C2CC2)c1. The highest BCUT2D eigenvalue weighted by Gasteiger charge is 2.27. The summed E-state index contributed by atoms with van der Waals surface area (Å²) in [5.41, 5.74) is 2.70. The molecule has 15 heavy (non-hydrogen) atoms. The number of rotatable bonds is 4. The molecule has 1 atom stereocenters. The Hall–Kier alpha value is -0.980. The first-order chi connectivity index (χ1) is 7.16. The molecule has 0 heterocycles. The van der Waals surface area contributed by atoms with Gasteiger partial charge in [-0.25, -0.2) is 0 Å². The predicted octanol–water partition coefficient (Wildman–Crippen LogP) is 4.02. The van der Waals surface area contributed by atoms with E-state index in [4.69, 9.17) is 0 Å². The molecule has 1 N–H and O–H groups in total. The van der Waals surface area contributed by atoms with Gasteiger partial charge in [-0.3, -0.25) is 0 Å². The van der Waals surface area contributed by atoms with Crippen LogP contribution in [0, 0.1) is 5.92 Å². The Kier molecular flexibility index (Phi) is 2.99. The lowest BCUT2D eigenvalue weighted by molar-refractivity contribution is 0.694. The number of nitrogens with one attached hydrogen (secondary N) is 1. The van der Waals surface area contributed by atoms with Gasteiger partial charge in [0.25, 0.3) is 0 Å². The Labute approximate surface area is 92.9 Å². The summed E-state index contributed by atoms with van der Waals surface area (Å²) in [7, 11) is 0. The molecule has 1 aliphatic carbocycles. The molecule has 1 fully saturated rings. The molecule has 1 unspecified atom stereocenters. The van der Waals surface area contributed by atoms with Crippen molar-refractivity contribution in [2.75, 3.05) is 5.32 Å². The van der Waals surface area contributed by atoms with Crippen LogP contribution in [0.3, 0.4) is 0 Å². The third kappa shape index (κ3) is 2.74. The van der Waals surface area contributed by atoms with E-state index >= 15 is 0 Å². The van der Waals surface area contributed by atoms with Crippen LogP contribution in [0.2, 0.25) is 0 Å². The molecule has 0 aromatic heterocycles. The van der Waals surface area contributed by atoms with Crippen molar-refractivity contribution < 1.29 is 0 Å². The zero-order chi connectivity index (χ0) is 10.8. The fraction of sp³-hybridized carbons (Fsp3) is 0.571. The second-order valence-corrected chi connectivity index (χ2v) is 5.05. The fourth-order valence-electron chi connectivity index (χ4n) is 1.96. The van der Waals surface area contributed by atoms with Crippen molar-refractivity contribution in [3.8, 4) is 0 Å². The van der Waals surface area contributed by atoms with Crippen molar-refractivity contribution in [2.24, 2.45) is 5.92 Å². The van der Waals surface area contributed by atoms with Gasteiger partial charge in [0.05, 0.1) is 0 Å². The maximum Gasteiger partial charge on any atom is 0.0345 e. The lowest BCUT2D eigenvalue weighted by atomic mass is 10.0. The van der Waals surface area contributed by atoms with Crippen molar-refractivity contribution in [1.82, 2.24) is 0 Å².